The second kappa shape index (κ2) is 9.37. The molecule has 1 heterocycles. The van der Waals surface area contributed by atoms with Crippen LogP contribution in [0.15, 0.2) is 80.7 Å². The minimum absolute atomic E-state index is 0.192. The van der Waals surface area contributed by atoms with Crippen LogP contribution in [0.1, 0.15) is 27.2 Å². The van der Waals surface area contributed by atoms with Crippen LogP contribution in [0.5, 0.6) is 5.75 Å². The van der Waals surface area contributed by atoms with Crippen LogP contribution in [0, 0.1) is 6.92 Å². The highest BCUT2D eigenvalue weighted by Crippen LogP contribution is 2.34. The molecule has 1 N–H and O–H groups in total. The molecule has 0 unspecified atom stereocenters. The summed E-state index contributed by atoms with van der Waals surface area (Å²) in [6.45, 7) is 2.44. The van der Waals surface area contributed by atoms with E-state index in [0.717, 1.165) is 10.9 Å². The number of benzene rings is 3. The lowest BCUT2D eigenvalue weighted by molar-refractivity contribution is 0.0929. The summed E-state index contributed by atoms with van der Waals surface area (Å²) < 4.78 is 12.1. The average Bonchev–Trinajstić information content (AvgIpc) is 3.19. The second-order valence-corrected chi connectivity index (χ2v) is 8.20. The van der Waals surface area contributed by atoms with Crippen molar-refractivity contribution in [2.24, 2.45) is 5.10 Å². The van der Waals surface area contributed by atoms with E-state index in [2.05, 4.69) is 26.5 Å². The van der Waals surface area contributed by atoms with Crippen molar-refractivity contribution in [1.82, 2.24) is 5.43 Å². The summed E-state index contributed by atoms with van der Waals surface area (Å²) in [7, 11) is 0. The van der Waals surface area contributed by atoms with E-state index in [0.29, 0.717) is 33.0 Å². The number of carbonyl (C=O) groups excluding carboxylic acids is 1. The van der Waals surface area contributed by atoms with Gasteiger partial charge in [0.15, 0.2) is 11.5 Å². The monoisotopic (exact) mass is 496 g/mol. The summed E-state index contributed by atoms with van der Waals surface area (Å²) in [5.74, 6) is 0.304. The summed E-state index contributed by atoms with van der Waals surface area (Å²) in [5.41, 5.74) is 6.05. The minimum atomic E-state index is -0.435. The first-order valence-electron chi connectivity index (χ1n) is 9.49. The highest BCUT2D eigenvalue weighted by Gasteiger charge is 2.12. The van der Waals surface area contributed by atoms with E-state index in [-0.39, 0.29) is 5.76 Å². The fraction of sp³-hybridized carbons (Fsp3) is 0.0833. The van der Waals surface area contributed by atoms with Crippen molar-refractivity contribution in [3.05, 3.63) is 98.7 Å². The smallest absolute Gasteiger partial charge is 0.307 e. The van der Waals surface area contributed by atoms with Crippen LogP contribution in [0.3, 0.4) is 0 Å². The summed E-state index contributed by atoms with van der Waals surface area (Å²) in [4.78, 5) is 12.3. The number of carbonyl (C=O) groups is 1. The molecule has 7 heteroatoms. The van der Waals surface area contributed by atoms with Gasteiger partial charge >= 0.3 is 5.91 Å². The Balaban J connectivity index is 1.40. The molecule has 5 nitrogen and oxygen atoms in total. The van der Waals surface area contributed by atoms with Crippen LogP contribution in [-0.4, -0.2) is 12.1 Å². The third-order valence-electron chi connectivity index (χ3n) is 4.55. The van der Waals surface area contributed by atoms with Gasteiger partial charge in [-0.25, -0.2) is 5.43 Å². The first kappa shape index (κ1) is 21.2. The summed E-state index contributed by atoms with van der Waals surface area (Å²) in [5, 5.41) is 5.29. The van der Waals surface area contributed by atoms with E-state index in [4.69, 9.17) is 20.8 Å². The molecule has 0 fully saturated rings. The van der Waals surface area contributed by atoms with E-state index in [9.17, 15) is 4.79 Å². The van der Waals surface area contributed by atoms with Gasteiger partial charge in [-0.05, 0) is 58.2 Å². The van der Waals surface area contributed by atoms with Gasteiger partial charge in [0.25, 0.3) is 0 Å². The summed E-state index contributed by atoms with van der Waals surface area (Å²) in [6.07, 6.45) is 1.50. The number of hydrazone groups is 1. The quantitative estimate of drug-likeness (QED) is 0.244. The largest absolute Gasteiger partial charge is 0.486 e. The van der Waals surface area contributed by atoms with Crippen LogP contribution in [-0.2, 0) is 6.61 Å². The van der Waals surface area contributed by atoms with E-state index < -0.39 is 5.91 Å². The number of nitrogens with zero attached hydrogens (tertiary/aromatic N) is 1. The normalized spacial score (nSPS) is 11.2. The number of halogens is 2. The predicted molar refractivity (Wildman–Crippen MR) is 126 cm³/mol. The van der Waals surface area contributed by atoms with Gasteiger partial charge in [0, 0.05) is 5.39 Å². The SMILES string of the molecule is Cc1ccc(COc2c(Cl)cc(/C=N/NC(=O)c3cc4ccccc4o3)cc2Br)cc1. The van der Waals surface area contributed by atoms with Gasteiger partial charge in [-0.2, -0.15) is 5.10 Å². The van der Waals surface area contributed by atoms with Crippen LogP contribution in [0.2, 0.25) is 5.02 Å². The highest BCUT2D eigenvalue weighted by atomic mass is 79.9. The number of furan rings is 1. The van der Waals surface area contributed by atoms with Gasteiger partial charge < -0.3 is 9.15 Å². The average molecular weight is 498 g/mol. The Kier molecular flexibility index (Phi) is 6.39. The summed E-state index contributed by atoms with van der Waals surface area (Å²) in [6, 6.07) is 20.7. The highest BCUT2D eigenvalue weighted by molar-refractivity contribution is 9.10. The van der Waals surface area contributed by atoms with Gasteiger partial charge in [0.05, 0.1) is 15.7 Å². The molecule has 0 bridgehead atoms. The Morgan fingerprint density at radius 2 is 1.94 bits per heavy atom. The van der Waals surface area contributed by atoms with Crippen LogP contribution < -0.4 is 10.2 Å². The fourth-order valence-electron chi connectivity index (χ4n) is 2.95. The lowest BCUT2D eigenvalue weighted by Gasteiger charge is -2.11. The third-order valence-corrected chi connectivity index (χ3v) is 5.42. The maximum Gasteiger partial charge on any atom is 0.307 e. The van der Waals surface area contributed by atoms with Crippen LogP contribution in [0.25, 0.3) is 11.0 Å². The molecule has 0 aliphatic heterocycles. The zero-order valence-corrected chi connectivity index (χ0v) is 18.9. The first-order chi connectivity index (χ1) is 15.0. The number of nitrogens with one attached hydrogen (secondary N) is 1. The molecular formula is C24H18BrClN2O3. The topological polar surface area (TPSA) is 63.8 Å². The minimum Gasteiger partial charge on any atom is -0.486 e. The summed E-state index contributed by atoms with van der Waals surface area (Å²) >= 11 is 9.88. The molecule has 0 spiro atoms. The maximum atomic E-state index is 12.3. The van der Waals surface area contributed by atoms with Crippen LogP contribution in [0.4, 0.5) is 0 Å². The number of fused-ring (bicyclic) bond motifs is 1. The predicted octanol–water partition coefficient (Wildman–Crippen LogP) is 6.50. The Hall–Kier alpha value is -3.09. The van der Waals surface area contributed by atoms with Crippen molar-refractivity contribution in [2.75, 3.05) is 0 Å². The number of aryl methyl sites for hydroxylation is 1. The van der Waals surface area contributed by atoms with Gasteiger partial charge in [0.2, 0.25) is 0 Å². The van der Waals surface area contributed by atoms with E-state index in [1.165, 1.54) is 11.8 Å². The number of rotatable bonds is 6. The molecule has 0 saturated carbocycles. The number of hydrogen-bond donors (Lipinski definition) is 1. The first-order valence-corrected chi connectivity index (χ1v) is 10.7. The second-order valence-electron chi connectivity index (χ2n) is 6.94. The number of hydrogen-bond acceptors (Lipinski definition) is 4. The molecule has 0 aliphatic rings. The molecule has 1 amide bonds. The van der Waals surface area contributed by atoms with Gasteiger partial charge in [-0.3, -0.25) is 4.79 Å². The van der Waals surface area contributed by atoms with Crippen molar-refractivity contribution >= 4 is 50.6 Å². The number of ether oxygens (including phenoxy) is 1. The van der Waals surface area contributed by atoms with Crippen molar-refractivity contribution < 1.29 is 13.9 Å². The Morgan fingerprint density at radius 3 is 2.68 bits per heavy atom. The Labute approximate surface area is 192 Å². The molecule has 4 aromatic rings. The van der Waals surface area contributed by atoms with E-state index in [1.54, 1.807) is 18.2 Å². The molecule has 3 aromatic carbocycles. The zero-order valence-electron chi connectivity index (χ0n) is 16.6. The molecule has 0 radical (unpaired) electrons. The number of para-hydroxylation sites is 1. The lowest BCUT2D eigenvalue weighted by atomic mass is 10.2. The molecule has 1 aromatic heterocycles. The van der Waals surface area contributed by atoms with Crippen molar-refractivity contribution in [3.8, 4) is 5.75 Å². The maximum absolute atomic E-state index is 12.3. The standard InChI is InChI=1S/C24H18BrClN2O3/c1-15-6-8-16(9-7-15)14-30-23-19(25)10-17(11-20(23)26)13-27-28-24(29)22-12-18-4-2-3-5-21(18)31-22/h2-13H,14H2,1H3,(H,28,29)/b27-13+. The van der Waals surface area contributed by atoms with Crippen molar-refractivity contribution in [2.45, 2.75) is 13.5 Å². The zero-order chi connectivity index (χ0) is 21.8. The van der Waals surface area contributed by atoms with Gasteiger partial charge in [0.1, 0.15) is 12.2 Å². The Morgan fingerprint density at radius 1 is 1.16 bits per heavy atom. The van der Waals surface area contributed by atoms with E-state index >= 15 is 0 Å². The van der Waals surface area contributed by atoms with Gasteiger partial charge in [-0.15, -0.1) is 0 Å². The van der Waals surface area contributed by atoms with Crippen molar-refractivity contribution in [3.63, 3.8) is 0 Å². The van der Waals surface area contributed by atoms with Crippen molar-refractivity contribution in [1.29, 1.82) is 0 Å². The van der Waals surface area contributed by atoms with Gasteiger partial charge in [-0.1, -0.05) is 59.6 Å². The molecule has 0 atom stereocenters. The molecular weight excluding hydrogens is 480 g/mol. The van der Waals surface area contributed by atoms with Crippen LogP contribution >= 0.6 is 27.5 Å². The number of amides is 1. The third kappa shape index (κ3) is 5.16. The molecule has 0 aliphatic carbocycles. The molecule has 0 saturated heterocycles. The van der Waals surface area contributed by atoms with E-state index in [1.807, 2.05) is 55.5 Å². The Bertz CT molecular complexity index is 1210. The molecule has 4 rings (SSSR count). The molecule has 31 heavy (non-hydrogen) atoms. The molecule has 156 valence electrons. The fourth-order valence-corrected chi connectivity index (χ4v) is 3.93. The lowest BCUT2D eigenvalue weighted by Crippen LogP contribution is -2.16.